The molecule has 19 heavy (non-hydrogen) atoms. The largest absolute Gasteiger partial charge is 0.397 e. The van der Waals surface area contributed by atoms with Gasteiger partial charge in [-0.2, -0.15) is 0 Å². The first-order chi connectivity index (χ1) is 9.16. The Kier molecular flexibility index (Phi) is 3.97. The highest BCUT2D eigenvalue weighted by atomic mass is 16.1. The highest BCUT2D eigenvalue weighted by Gasteiger charge is 2.04. The molecule has 5 heteroatoms. The summed E-state index contributed by atoms with van der Waals surface area (Å²) in [6, 6.07) is 8.89. The van der Waals surface area contributed by atoms with Crippen molar-refractivity contribution < 1.29 is 4.79 Å². The maximum Gasteiger partial charge on any atom is 0.248 e. The third kappa shape index (κ3) is 3.45. The lowest BCUT2D eigenvalue weighted by atomic mass is 10.1. The first-order valence-electron chi connectivity index (χ1n) is 5.99. The number of hydrogen-bond acceptors (Lipinski definition) is 4. The fourth-order valence-electron chi connectivity index (χ4n) is 1.75. The van der Waals surface area contributed by atoms with Crippen molar-refractivity contribution in [1.29, 1.82) is 0 Å². The molecule has 0 saturated heterocycles. The van der Waals surface area contributed by atoms with Gasteiger partial charge in [-0.3, -0.25) is 9.78 Å². The molecule has 0 saturated carbocycles. The first-order valence-corrected chi connectivity index (χ1v) is 5.99. The molecule has 0 fully saturated rings. The number of pyridine rings is 1. The zero-order chi connectivity index (χ0) is 13.7. The second-order valence-corrected chi connectivity index (χ2v) is 4.20. The number of nitrogens with two attached hydrogens (primary N) is 2. The van der Waals surface area contributed by atoms with Crippen LogP contribution in [0.5, 0.6) is 0 Å². The van der Waals surface area contributed by atoms with Crippen molar-refractivity contribution in [3.63, 3.8) is 0 Å². The number of nitrogen functional groups attached to an aromatic ring is 1. The molecule has 1 aromatic heterocycles. The molecule has 0 bridgehead atoms. The maximum atomic E-state index is 11.1. The van der Waals surface area contributed by atoms with E-state index in [1.807, 2.05) is 12.1 Å². The van der Waals surface area contributed by atoms with E-state index in [1.54, 1.807) is 30.6 Å². The van der Waals surface area contributed by atoms with Crippen LogP contribution in [0.1, 0.15) is 15.9 Å². The quantitative estimate of drug-likeness (QED) is 0.705. The van der Waals surface area contributed by atoms with Gasteiger partial charge in [-0.15, -0.1) is 0 Å². The lowest BCUT2D eigenvalue weighted by Crippen LogP contribution is -2.13. The van der Waals surface area contributed by atoms with Gasteiger partial charge < -0.3 is 16.8 Å². The van der Waals surface area contributed by atoms with Gasteiger partial charge in [-0.05, 0) is 42.3 Å². The van der Waals surface area contributed by atoms with E-state index >= 15 is 0 Å². The monoisotopic (exact) mass is 256 g/mol. The average Bonchev–Trinajstić information content (AvgIpc) is 2.42. The van der Waals surface area contributed by atoms with E-state index in [-0.39, 0.29) is 0 Å². The second-order valence-electron chi connectivity index (χ2n) is 4.20. The number of carbonyl (C=O) groups excluding carboxylic acids is 1. The molecule has 1 heterocycles. The zero-order valence-electron chi connectivity index (χ0n) is 10.5. The Bertz CT molecular complexity index is 569. The third-order valence-electron chi connectivity index (χ3n) is 2.82. The highest BCUT2D eigenvalue weighted by Crippen LogP contribution is 2.19. The van der Waals surface area contributed by atoms with Crippen molar-refractivity contribution >= 4 is 17.3 Å². The lowest BCUT2D eigenvalue weighted by Gasteiger charge is -2.10. The second kappa shape index (κ2) is 5.86. The van der Waals surface area contributed by atoms with Gasteiger partial charge in [0, 0.05) is 24.5 Å². The van der Waals surface area contributed by atoms with Gasteiger partial charge in [0.25, 0.3) is 0 Å². The Hall–Kier alpha value is -2.56. The van der Waals surface area contributed by atoms with Crippen LogP contribution in [0.25, 0.3) is 0 Å². The molecule has 1 aromatic carbocycles. The Morgan fingerprint density at radius 1 is 1.21 bits per heavy atom. The van der Waals surface area contributed by atoms with Crippen LogP contribution in [0.3, 0.4) is 0 Å². The number of nitrogens with zero attached hydrogens (tertiary/aromatic N) is 1. The van der Waals surface area contributed by atoms with Crippen molar-refractivity contribution in [1.82, 2.24) is 4.98 Å². The van der Waals surface area contributed by atoms with Gasteiger partial charge in [-0.1, -0.05) is 0 Å². The SMILES string of the molecule is NC(=O)c1ccc(N)c(NCCc2ccncc2)c1. The molecule has 0 atom stereocenters. The van der Waals surface area contributed by atoms with Gasteiger partial charge in [0.2, 0.25) is 5.91 Å². The Balaban J connectivity index is 1.99. The van der Waals surface area contributed by atoms with Crippen LogP contribution in [0, 0.1) is 0 Å². The molecule has 0 aliphatic heterocycles. The fraction of sp³-hybridized carbons (Fsp3) is 0.143. The Morgan fingerprint density at radius 2 is 1.95 bits per heavy atom. The predicted molar refractivity (Wildman–Crippen MR) is 75.8 cm³/mol. The molecule has 2 aromatic rings. The molecule has 0 aliphatic rings. The number of anilines is 2. The van der Waals surface area contributed by atoms with Crippen LogP contribution in [0.4, 0.5) is 11.4 Å². The normalized spacial score (nSPS) is 10.1. The van der Waals surface area contributed by atoms with Gasteiger partial charge in [0.05, 0.1) is 11.4 Å². The number of amides is 1. The van der Waals surface area contributed by atoms with Crippen molar-refractivity contribution in [2.24, 2.45) is 5.73 Å². The van der Waals surface area contributed by atoms with Crippen molar-refractivity contribution in [3.8, 4) is 0 Å². The van der Waals surface area contributed by atoms with E-state index in [9.17, 15) is 4.79 Å². The molecule has 1 amide bonds. The summed E-state index contributed by atoms with van der Waals surface area (Å²) in [5.74, 6) is -0.461. The molecular formula is C14H16N4O. The number of aromatic nitrogens is 1. The summed E-state index contributed by atoms with van der Waals surface area (Å²) >= 11 is 0. The molecule has 0 radical (unpaired) electrons. The summed E-state index contributed by atoms with van der Waals surface area (Å²) in [5.41, 5.74) is 14.0. The van der Waals surface area contributed by atoms with Gasteiger partial charge in [0.15, 0.2) is 0 Å². The smallest absolute Gasteiger partial charge is 0.248 e. The minimum atomic E-state index is -0.461. The number of hydrogen-bond donors (Lipinski definition) is 3. The highest BCUT2D eigenvalue weighted by molar-refractivity contribution is 5.94. The van der Waals surface area contributed by atoms with Crippen molar-refractivity contribution in [2.75, 3.05) is 17.6 Å². The summed E-state index contributed by atoms with van der Waals surface area (Å²) in [7, 11) is 0. The Morgan fingerprint density at radius 3 is 2.63 bits per heavy atom. The van der Waals surface area contributed by atoms with Gasteiger partial charge in [-0.25, -0.2) is 0 Å². The first kappa shape index (κ1) is 12.9. The third-order valence-corrected chi connectivity index (χ3v) is 2.82. The molecule has 5 N–H and O–H groups in total. The molecule has 98 valence electrons. The van der Waals surface area contributed by atoms with Crippen molar-refractivity contribution in [2.45, 2.75) is 6.42 Å². The molecular weight excluding hydrogens is 240 g/mol. The van der Waals surface area contributed by atoms with E-state index in [4.69, 9.17) is 11.5 Å². The maximum absolute atomic E-state index is 11.1. The number of primary amides is 1. The van der Waals surface area contributed by atoms with Gasteiger partial charge in [0.1, 0.15) is 0 Å². The van der Waals surface area contributed by atoms with Gasteiger partial charge >= 0.3 is 0 Å². The van der Waals surface area contributed by atoms with Crippen LogP contribution >= 0.6 is 0 Å². The summed E-state index contributed by atoms with van der Waals surface area (Å²) < 4.78 is 0. The van der Waals surface area contributed by atoms with E-state index in [2.05, 4.69) is 10.3 Å². The van der Waals surface area contributed by atoms with Crippen LogP contribution in [-0.4, -0.2) is 17.4 Å². The standard InChI is InChI=1S/C14H16N4O/c15-12-2-1-11(14(16)19)9-13(12)18-8-5-10-3-6-17-7-4-10/h1-4,6-7,9,18H,5,8,15H2,(H2,16,19). The molecule has 2 rings (SSSR count). The average molecular weight is 256 g/mol. The summed E-state index contributed by atoms with van der Waals surface area (Å²) in [6.07, 6.45) is 4.37. The lowest BCUT2D eigenvalue weighted by molar-refractivity contribution is 0.100. The van der Waals surface area contributed by atoms with Crippen LogP contribution in [0.15, 0.2) is 42.7 Å². The van der Waals surface area contributed by atoms with Crippen LogP contribution in [-0.2, 0) is 6.42 Å². The number of carbonyl (C=O) groups is 1. The summed E-state index contributed by atoms with van der Waals surface area (Å²) in [6.45, 7) is 0.719. The predicted octanol–water partition coefficient (Wildman–Crippen LogP) is 1.42. The summed E-state index contributed by atoms with van der Waals surface area (Å²) in [4.78, 5) is 15.1. The zero-order valence-corrected chi connectivity index (χ0v) is 10.5. The molecule has 5 nitrogen and oxygen atoms in total. The number of benzene rings is 1. The van der Waals surface area contributed by atoms with E-state index in [0.717, 1.165) is 18.7 Å². The van der Waals surface area contributed by atoms with E-state index < -0.39 is 5.91 Å². The molecule has 0 spiro atoms. The minimum Gasteiger partial charge on any atom is -0.397 e. The molecule has 0 aliphatic carbocycles. The Labute approximate surface area is 111 Å². The fourth-order valence-corrected chi connectivity index (χ4v) is 1.75. The number of nitrogens with one attached hydrogen (secondary N) is 1. The van der Waals surface area contributed by atoms with Crippen molar-refractivity contribution in [3.05, 3.63) is 53.9 Å². The van der Waals surface area contributed by atoms with E-state index in [1.165, 1.54) is 5.56 Å². The van der Waals surface area contributed by atoms with E-state index in [0.29, 0.717) is 11.3 Å². The van der Waals surface area contributed by atoms with Crippen LogP contribution in [0.2, 0.25) is 0 Å². The minimum absolute atomic E-state index is 0.445. The van der Waals surface area contributed by atoms with Crippen LogP contribution < -0.4 is 16.8 Å². The number of rotatable bonds is 5. The topological polar surface area (TPSA) is 94.0 Å². The molecule has 0 unspecified atom stereocenters. The summed E-state index contributed by atoms with van der Waals surface area (Å²) in [5, 5.41) is 3.20.